The van der Waals surface area contributed by atoms with Gasteiger partial charge in [-0.1, -0.05) is 18.2 Å². The minimum atomic E-state index is -0.173. The molecule has 0 spiro atoms. The van der Waals surface area contributed by atoms with Crippen LogP contribution in [0, 0.1) is 5.82 Å². The third-order valence-corrected chi connectivity index (χ3v) is 5.38. The van der Waals surface area contributed by atoms with Crippen molar-refractivity contribution in [2.24, 2.45) is 0 Å². The maximum atomic E-state index is 14.0. The number of benzene rings is 1. The highest BCUT2D eigenvalue weighted by atomic mass is 32.2. The molecule has 3 nitrogen and oxygen atoms in total. The summed E-state index contributed by atoms with van der Waals surface area (Å²) in [6, 6.07) is 10.8. The number of pyridine rings is 1. The van der Waals surface area contributed by atoms with Crippen molar-refractivity contribution >= 4 is 22.9 Å². The van der Waals surface area contributed by atoms with Crippen molar-refractivity contribution in [2.45, 2.75) is 24.6 Å². The van der Waals surface area contributed by atoms with Crippen LogP contribution in [0.15, 0.2) is 42.6 Å². The van der Waals surface area contributed by atoms with E-state index in [2.05, 4.69) is 9.55 Å². The Morgan fingerprint density at radius 2 is 2.14 bits per heavy atom. The van der Waals surface area contributed by atoms with Gasteiger partial charge >= 0.3 is 0 Å². The number of nitrogens with zero attached hydrogens (tertiary/aromatic N) is 3. The van der Waals surface area contributed by atoms with Gasteiger partial charge < -0.3 is 0 Å². The molecule has 0 radical (unpaired) electrons. The molecule has 0 bridgehead atoms. The summed E-state index contributed by atoms with van der Waals surface area (Å²) in [5.74, 6) is 1.89. The molecule has 3 heterocycles. The standard InChI is InChI=1S/C17H16FN3S/c18-13-6-2-1-5-12(13)11-15-20-14-7-3-9-19-17(14)21(15)16-8-4-10-22-16/h1-3,5-7,9,16H,4,8,10-11H2. The van der Waals surface area contributed by atoms with Crippen LogP contribution in [0.5, 0.6) is 0 Å². The lowest BCUT2D eigenvalue weighted by Crippen LogP contribution is -2.09. The van der Waals surface area contributed by atoms with Gasteiger partial charge in [0.15, 0.2) is 5.65 Å². The molecule has 1 fully saturated rings. The third kappa shape index (κ3) is 2.39. The van der Waals surface area contributed by atoms with Gasteiger partial charge in [0.05, 0.1) is 5.37 Å². The van der Waals surface area contributed by atoms with Gasteiger partial charge in [-0.05, 0) is 42.4 Å². The van der Waals surface area contributed by atoms with Gasteiger partial charge in [0.2, 0.25) is 0 Å². The summed E-state index contributed by atoms with van der Waals surface area (Å²) < 4.78 is 16.2. The first-order valence-corrected chi connectivity index (χ1v) is 8.54. The Kier molecular flexibility index (Phi) is 3.58. The van der Waals surface area contributed by atoms with E-state index >= 15 is 0 Å². The minimum absolute atomic E-state index is 0.173. The van der Waals surface area contributed by atoms with Crippen LogP contribution in [0.4, 0.5) is 4.39 Å². The van der Waals surface area contributed by atoms with Crippen LogP contribution in [0.1, 0.15) is 29.6 Å². The molecule has 5 heteroatoms. The summed E-state index contributed by atoms with van der Waals surface area (Å²) in [5.41, 5.74) is 2.48. The quantitative estimate of drug-likeness (QED) is 0.726. The van der Waals surface area contributed by atoms with E-state index < -0.39 is 0 Å². The van der Waals surface area contributed by atoms with Gasteiger partial charge in [-0.25, -0.2) is 14.4 Å². The molecule has 0 amide bonds. The lowest BCUT2D eigenvalue weighted by Gasteiger charge is -2.15. The molecule has 0 N–H and O–H groups in total. The van der Waals surface area contributed by atoms with Crippen LogP contribution in [0.2, 0.25) is 0 Å². The number of hydrogen-bond donors (Lipinski definition) is 0. The number of aromatic nitrogens is 3. The molecule has 0 aliphatic carbocycles. The molecule has 1 aromatic carbocycles. The van der Waals surface area contributed by atoms with Crippen LogP contribution < -0.4 is 0 Å². The molecule has 2 aromatic heterocycles. The van der Waals surface area contributed by atoms with E-state index in [1.54, 1.807) is 12.3 Å². The molecule has 112 valence electrons. The highest BCUT2D eigenvalue weighted by Gasteiger charge is 2.24. The fourth-order valence-corrected chi connectivity index (χ4v) is 4.29. The van der Waals surface area contributed by atoms with Crippen molar-refractivity contribution in [2.75, 3.05) is 5.75 Å². The zero-order valence-corrected chi connectivity index (χ0v) is 12.9. The molecule has 1 saturated heterocycles. The zero-order valence-electron chi connectivity index (χ0n) is 12.1. The molecule has 1 unspecified atom stereocenters. The first kappa shape index (κ1) is 13.8. The van der Waals surface area contributed by atoms with Crippen molar-refractivity contribution in [3.63, 3.8) is 0 Å². The van der Waals surface area contributed by atoms with E-state index in [1.165, 1.54) is 12.5 Å². The lowest BCUT2D eigenvalue weighted by molar-refractivity contribution is 0.599. The first-order valence-electron chi connectivity index (χ1n) is 7.50. The highest BCUT2D eigenvalue weighted by Crippen LogP contribution is 2.38. The van der Waals surface area contributed by atoms with Crippen molar-refractivity contribution in [1.82, 2.24) is 14.5 Å². The Morgan fingerprint density at radius 3 is 2.95 bits per heavy atom. The minimum Gasteiger partial charge on any atom is -0.300 e. The van der Waals surface area contributed by atoms with E-state index in [9.17, 15) is 4.39 Å². The van der Waals surface area contributed by atoms with Crippen molar-refractivity contribution < 1.29 is 4.39 Å². The summed E-state index contributed by atoms with van der Waals surface area (Å²) in [5, 5.41) is 0.363. The van der Waals surface area contributed by atoms with Gasteiger partial charge in [-0.3, -0.25) is 4.57 Å². The molecule has 1 aliphatic heterocycles. The molecule has 4 rings (SSSR count). The van der Waals surface area contributed by atoms with Crippen LogP contribution in [-0.2, 0) is 6.42 Å². The number of thioether (sulfide) groups is 1. The van der Waals surface area contributed by atoms with E-state index in [4.69, 9.17) is 4.98 Å². The zero-order chi connectivity index (χ0) is 14.9. The Balaban J connectivity index is 1.82. The van der Waals surface area contributed by atoms with E-state index in [0.717, 1.165) is 29.2 Å². The summed E-state index contributed by atoms with van der Waals surface area (Å²) in [7, 11) is 0. The monoisotopic (exact) mass is 313 g/mol. The second-order valence-electron chi connectivity index (χ2n) is 5.48. The Labute approximate surface area is 132 Å². The predicted octanol–water partition coefficient (Wildman–Crippen LogP) is 4.19. The molecular formula is C17H16FN3S. The van der Waals surface area contributed by atoms with Crippen molar-refractivity contribution in [1.29, 1.82) is 0 Å². The number of halogens is 1. The normalized spacial score (nSPS) is 18.1. The number of hydrogen-bond acceptors (Lipinski definition) is 3. The fraction of sp³-hybridized carbons (Fsp3) is 0.294. The van der Waals surface area contributed by atoms with Crippen molar-refractivity contribution in [3.05, 3.63) is 59.8 Å². The lowest BCUT2D eigenvalue weighted by atomic mass is 10.1. The van der Waals surface area contributed by atoms with Gasteiger partial charge in [-0.15, -0.1) is 11.8 Å². The summed E-state index contributed by atoms with van der Waals surface area (Å²) in [4.78, 5) is 9.22. The van der Waals surface area contributed by atoms with Crippen LogP contribution >= 0.6 is 11.8 Å². The third-order valence-electron chi connectivity index (χ3n) is 4.02. The predicted molar refractivity (Wildman–Crippen MR) is 87.5 cm³/mol. The Bertz CT molecular complexity index is 809. The maximum absolute atomic E-state index is 14.0. The topological polar surface area (TPSA) is 30.7 Å². The summed E-state index contributed by atoms with van der Waals surface area (Å²) in [6.45, 7) is 0. The highest BCUT2D eigenvalue weighted by molar-refractivity contribution is 7.99. The van der Waals surface area contributed by atoms with Gasteiger partial charge in [0.1, 0.15) is 17.2 Å². The number of rotatable bonds is 3. The SMILES string of the molecule is Fc1ccccc1Cc1nc2cccnc2n1C1CCCS1. The fourth-order valence-electron chi connectivity index (χ4n) is 2.98. The molecule has 22 heavy (non-hydrogen) atoms. The second-order valence-corrected chi connectivity index (χ2v) is 6.77. The summed E-state index contributed by atoms with van der Waals surface area (Å²) >= 11 is 1.93. The first-order chi connectivity index (χ1) is 10.8. The van der Waals surface area contributed by atoms with Gasteiger partial charge in [-0.2, -0.15) is 0 Å². The average molecular weight is 313 g/mol. The Hall–Kier alpha value is -1.88. The molecule has 3 aromatic rings. The largest absolute Gasteiger partial charge is 0.300 e. The molecule has 1 atom stereocenters. The van der Waals surface area contributed by atoms with E-state index in [-0.39, 0.29) is 5.82 Å². The van der Waals surface area contributed by atoms with Crippen LogP contribution in [0.25, 0.3) is 11.2 Å². The average Bonchev–Trinajstić information content (AvgIpc) is 3.16. The van der Waals surface area contributed by atoms with E-state index in [1.807, 2.05) is 36.0 Å². The number of fused-ring (bicyclic) bond motifs is 1. The summed E-state index contributed by atoms with van der Waals surface area (Å²) in [6.07, 6.45) is 4.63. The molecule has 1 aliphatic rings. The van der Waals surface area contributed by atoms with Crippen LogP contribution in [-0.4, -0.2) is 20.3 Å². The molecular weight excluding hydrogens is 297 g/mol. The molecule has 0 saturated carbocycles. The number of imidazole rings is 1. The van der Waals surface area contributed by atoms with Crippen molar-refractivity contribution in [3.8, 4) is 0 Å². The van der Waals surface area contributed by atoms with Gasteiger partial charge in [0.25, 0.3) is 0 Å². The Morgan fingerprint density at radius 1 is 1.23 bits per heavy atom. The van der Waals surface area contributed by atoms with E-state index in [0.29, 0.717) is 17.4 Å². The smallest absolute Gasteiger partial charge is 0.160 e. The second kappa shape index (κ2) is 5.72. The van der Waals surface area contributed by atoms with Gasteiger partial charge in [0, 0.05) is 12.6 Å². The maximum Gasteiger partial charge on any atom is 0.160 e. The van der Waals surface area contributed by atoms with Crippen LogP contribution in [0.3, 0.4) is 0 Å².